The largest absolute Gasteiger partial charge is 0.395 e. The molecule has 0 unspecified atom stereocenters. The Kier molecular flexibility index (Phi) is 3.75. The molecule has 13 heavy (non-hydrogen) atoms. The summed E-state index contributed by atoms with van der Waals surface area (Å²) in [4.78, 5) is 3.93. The van der Waals surface area contributed by atoms with Crippen molar-refractivity contribution in [2.45, 2.75) is 13.5 Å². The quantitative estimate of drug-likeness (QED) is 0.484. The summed E-state index contributed by atoms with van der Waals surface area (Å²) in [6.45, 7) is 2.04. The number of hydrogen-bond donors (Lipinski definition) is 2. The van der Waals surface area contributed by atoms with Crippen molar-refractivity contribution in [1.82, 2.24) is 9.55 Å². The van der Waals surface area contributed by atoms with Crippen LogP contribution in [0.5, 0.6) is 0 Å². The first-order valence-electron chi connectivity index (χ1n) is 3.60. The maximum Gasteiger partial charge on any atom is 0.301 e. The fourth-order valence-electron chi connectivity index (χ4n) is 1.02. The van der Waals surface area contributed by atoms with Crippen molar-refractivity contribution in [1.29, 1.82) is 0 Å². The van der Waals surface area contributed by atoms with Gasteiger partial charge in [-0.05, 0) is 6.92 Å². The van der Waals surface area contributed by atoms with E-state index in [2.05, 4.69) is 4.98 Å². The van der Waals surface area contributed by atoms with Crippen molar-refractivity contribution in [3.63, 3.8) is 0 Å². The second-order valence-electron chi connectivity index (χ2n) is 2.37. The van der Waals surface area contributed by atoms with Gasteiger partial charge in [0.25, 0.3) is 0 Å². The minimum Gasteiger partial charge on any atom is -0.395 e. The standard InChI is InChI=1S/C6H10IN3O3/c1-5-8-4-6(10(13)7-12)9(5)2-3-11/h4,11,13H,2-3H2,1H3. The lowest BCUT2D eigenvalue weighted by molar-refractivity contribution is 0.271. The van der Waals surface area contributed by atoms with Crippen LogP contribution in [0.2, 0.25) is 0 Å². The van der Waals surface area contributed by atoms with Gasteiger partial charge in [0.2, 0.25) is 0 Å². The summed E-state index contributed by atoms with van der Waals surface area (Å²) in [5.74, 6) is 1.02. The van der Waals surface area contributed by atoms with Crippen molar-refractivity contribution in [2.24, 2.45) is 0 Å². The molecule has 0 spiro atoms. The van der Waals surface area contributed by atoms with Gasteiger partial charge in [-0.15, -0.1) is 3.28 Å². The van der Waals surface area contributed by atoms with Gasteiger partial charge >= 0.3 is 21.5 Å². The third-order valence-corrected chi connectivity index (χ3v) is 2.48. The summed E-state index contributed by atoms with van der Waals surface area (Å²) in [5.41, 5.74) is 0. The van der Waals surface area contributed by atoms with Crippen molar-refractivity contribution < 1.29 is 13.4 Å². The van der Waals surface area contributed by atoms with E-state index in [0.29, 0.717) is 21.5 Å². The molecule has 1 aromatic heterocycles. The van der Waals surface area contributed by atoms with E-state index in [1.54, 1.807) is 11.5 Å². The number of halogens is 1. The zero-order chi connectivity index (χ0) is 9.84. The van der Waals surface area contributed by atoms with Crippen molar-refractivity contribution >= 4 is 27.3 Å². The number of imidazole rings is 1. The molecule has 0 aliphatic heterocycles. The predicted octanol–water partition coefficient (Wildman–Crippen LogP) is 0.611. The van der Waals surface area contributed by atoms with E-state index in [-0.39, 0.29) is 6.61 Å². The molecule has 7 heteroatoms. The summed E-state index contributed by atoms with van der Waals surface area (Å²) < 4.78 is 12.7. The number of aryl methyl sites for hydroxylation is 1. The lowest BCUT2D eigenvalue weighted by Crippen LogP contribution is -2.12. The molecule has 0 amide bonds. The van der Waals surface area contributed by atoms with Crippen molar-refractivity contribution in [2.75, 3.05) is 9.88 Å². The third kappa shape index (κ3) is 2.23. The number of aliphatic hydroxyl groups excluding tert-OH is 1. The van der Waals surface area contributed by atoms with Crippen LogP contribution >= 0.6 is 21.5 Å². The van der Waals surface area contributed by atoms with Gasteiger partial charge in [-0.2, -0.15) is 0 Å². The van der Waals surface area contributed by atoms with Crippen LogP contribution in [0, 0.1) is 6.92 Å². The monoisotopic (exact) mass is 299 g/mol. The van der Waals surface area contributed by atoms with Gasteiger partial charge in [-0.3, -0.25) is 5.21 Å². The Balaban J connectivity index is 2.99. The lowest BCUT2D eigenvalue weighted by Gasteiger charge is -2.10. The minimum absolute atomic E-state index is 0.0464. The van der Waals surface area contributed by atoms with E-state index < -0.39 is 21.5 Å². The summed E-state index contributed by atoms with van der Waals surface area (Å²) in [5, 5.41) is 17.9. The Hall–Kier alpha value is -0.540. The van der Waals surface area contributed by atoms with E-state index >= 15 is 0 Å². The second kappa shape index (κ2) is 4.63. The maximum absolute atomic E-state index is 10.5. The first-order valence-corrected chi connectivity index (χ1v) is 5.44. The van der Waals surface area contributed by atoms with Crippen molar-refractivity contribution in [3.05, 3.63) is 12.0 Å². The number of nitrogens with zero attached hydrogens (tertiary/aromatic N) is 3. The molecular formula is C6H10IN3O3. The van der Waals surface area contributed by atoms with Crippen LogP contribution in [-0.4, -0.2) is 26.5 Å². The smallest absolute Gasteiger partial charge is 0.301 e. The summed E-state index contributed by atoms with van der Waals surface area (Å²) >= 11 is -1.65. The third-order valence-electron chi connectivity index (χ3n) is 1.61. The van der Waals surface area contributed by atoms with Crippen LogP contribution in [-0.2, 0) is 9.61 Å². The van der Waals surface area contributed by atoms with Crippen LogP contribution in [0.15, 0.2) is 6.20 Å². The van der Waals surface area contributed by atoms with Crippen LogP contribution in [0.3, 0.4) is 0 Å². The molecule has 0 aromatic carbocycles. The summed E-state index contributed by atoms with van der Waals surface area (Å²) in [7, 11) is 0. The Labute approximate surface area is 85.8 Å². The predicted molar refractivity (Wildman–Crippen MR) is 53.0 cm³/mol. The second-order valence-corrected chi connectivity index (χ2v) is 3.68. The fourth-order valence-corrected chi connectivity index (χ4v) is 1.60. The Morgan fingerprint density at radius 2 is 2.46 bits per heavy atom. The van der Waals surface area contributed by atoms with E-state index in [1.165, 1.54) is 6.20 Å². The maximum atomic E-state index is 10.5. The molecule has 0 aliphatic rings. The molecule has 0 bridgehead atoms. The molecule has 0 radical (unpaired) electrons. The Bertz CT molecular complexity index is 301. The molecule has 1 heterocycles. The highest BCUT2D eigenvalue weighted by atomic mass is 127. The average molecular weight is 299 g/mol. The molecule has 6 nitrogen and oxygen atoms in total. The lowest BCUT2D eigenvalue weighted by atomic mass is 10.6. The number of aliphatic hydroxyl groups is 1. The first-order chi connectivity index (χ1) is 6.20. The zero-order valence-electron chi connectivity index (χ0n) is 7.01. The normalized spacial score (nSPS) is 10.4. The summed E-state index contributed by atoms with van der Waals surface area (Å²) in [6.07, 6.45) is 1.42. The fraction of sp³-hybridized carbons (Fsp3) is 0.500. The van der Waals surface area contributed by atoms with Gasteiger partial charge in [0.15, 0.2) is 5.82 Å². The Morgan fingerprint density at radius 3 is 3.00 bits per heavy atom. The molecule has 0 saturated carbocycles. The van der Waals surface area contributed by atoms with Gasteiger partial charge in [0.05, 0.1) is 12.8 Å². The van der Waals surface area contributed by atoms with Gasteiger partial charge in [-0.1, -0.05) is 0 Å². The van der Waals surface area contributed by atoms with Crippen LogP contribution < -0.4 is 3.28 Å². The number of hydrogen-bond acceptors (Lipinski definition) is 4. The number of anilines is 1. The molecule has 2 N–H and O–H groups in total. The van der Waals surface area contributed by atoms with E-state index in [4.69, 9.17) is 5.11 Å². The van der Waals surface area contributed by atoms with E-state index in [0.717, 1.165) is 0 Å². The van der Waals surface area contributed by atoms with Gasteiger partial charge in [-0.25, -0.2) is 8.05 Å². The molecule has 0 aliphatic carbocycles. The van der Waals surface area contributed by atoms with Crippen LogP contribution in [0.1, 0.15) is 5.82 Å². The highest BCUT2D eigenvalue weighted by Crippen LogP contribution is 2.19. The highest BCUT2D eigenvalue weighted by molar-refractivity contribution is 14.1. The van der Waals surface area contributed by atoms with Crippen LogP contribution in [0.4, 0.5) is 5.82 Å². The minimum atomic E-state index is -1.65. The molecule has 1 aromatic rings. The molecule has 0 saturated heterocycles. The van der Waals surface area contributed by atoms with Crippen LogP contribution in [0.25, 0.3) is 0 Å². The molecular weight excluding hydrogens is 289 g/mol. The van der Waals surface area contributed by atoms with Gasteiger partial charge in [0.1, 0.15) is 5.82 Å². The SMILES string of the molecule is Cc1ncc(N(O)I=O)n1CCO. The molecule has 0 atom stereocenters. The molecule has 1 rings (SSSR count). The molecule has 74 valence electrons. The van der Waals surface area contributed by atoms with E-state index in [1.807, 2.05) is 0 Å². The van der Waals surface area contributed by atoms with Crippen molar-refractivity contribution in [3.8, 4) is 0 Å². The Morgan fingerprint density at radius 1 is 1.77 bits per heavy atom. The first kappa shape index (κ1) is 10.5. The number of rotatable bonds is 4. The topological polar surface area (TPSA) is 78.6 Å². The van der Waals surface area contributed by atoms with E-state index in [9.17, 15) is 8.28 Å². The average Bonchev–Trinajstić information content (AvgIpc) is 2.48. The van der Waals surface area contributed by atoms with Gasteiger partial charge < -0.3 is 9.67 Å². The van der Waals surface area contributed by atoms with Gasteiger partial charge in [0, 0.05) is 6.54 Å². The molecule has 0 fully saturated rings. The highest BCUT2D eigenvalue weighted by Gasteiger charge is 2.11. The summed E-state index contributed by atoms with van der Waals surface area (Å²) in [6, 6.07) is 0. The number of aromatic nitrogens is 2. The zero-order valence-corrected chi connectivity index (χ0v) is 9.17.